The molecule has 0 unspecified atom stereocenters. The summed E-state index contributed by atoms with van der Waals surface area (Å²) in [6, 6.07) is 1.78. The summed E-state index contributed by atoms with van der Waals surface area (Å²) in [5.41, 5.74) is 2.12. The zero-order valence-electron chi connectivity index (χ0n) is 15.2. The SMILES string of the molecule is Cc1occc1-c1nnc(Sc2nn3c(C(F)(F)F)nnc3c(C)c2C)n1C. The highest BCUT2D eigenvalue weighted by Gasteiger charge is 2.38. The zero-order valence-corrected chi connectivity index (χ0v) is 16.1. The summed E-state index contributed by atoms with van der Waals surface area (Å²) in [6.07, 6.45) is -3.10. The molecule has 8 nitrogen and oxygen atoms in total. The Morgan fingerprint density at radius 3 is 2.43 bits per heavy atom. The summed E-state index contributed by atoms with van der Waals surface area (Å²) < 4.78 is 47.4. The van der Waals surface area contributed by atoms with Crippen LogP contribution in [0.15, 0.2) is 26.9 Å². The Morgan fingerprint density at radius 1 is 1.04 bits per heavy atom. The molecule has 4 aromatic rings. The van der Waals surface area contributed by atoms with Gasteiger partial charge in [-0.15, -0.1) is 20.4 Å². The van der Waals surface area contributed by atoms with Crippen molar-refractivity contribution in [1.82, 2.24) is 34.6 Å². The maximum absolute atomic E-state index is 13.2. The van der Waals surface area contributed by atoms with E-state index in [4.69, 9.17) is 4.42 Å². The van der Waals surface area contributed by atoms with Crippen LogP contribution >= 0.6 is 11.8 Å². The fraction of sp³-hybridized carbons (Fsp3) is 0.312. The second-order valence-electron chi connectivity index (χ2n) is 6.17. The van der Waals surface area contributed by atoms with Gasteiger partial charge < -0.3 is 8.98 Å². The molecule has 0 aliphatic carbocycles. The van der Waals surface area contributed by atoms with Crippen molar-refractivity contribution in [3.63, 3.8) is 0 Å². The Morgan fingerprint density at radius 2 is 1.79 bits per heavy atom. The Hall–Kier alpha value is -2.89. The molecule has 12 heteroatoms. The van der Waals surface area contributed by atoms with Gasteiger partial charge in [0.1, 0.15) is 10.8 Å². The number of hydrogen-bond acceptors (Lipinski definition) is 7. The van der Waals surface area contributed by atoms with Gasteiger partial charge in [0.2, 0.25) is 0 Å². The number of furan rings is 1. The molecule has 0 aliphatic rings. The third kappa shape index (κ3) is 2.84. The number of nitrogens with zero attached hydrogens (tertiary/aromatic N) is 7. The molecular weight excluding hydrogens is 395 g/mol. The van der Waals surface area contributed by atoms with Crippen LogP contribution in [-0.2, 0) is 13.2 Å². The number of aromatic nitrogens is 7. The second kappa shape index (κ2) is 6.33. The number of rotatable bonds is 3. The minimum atomic E-state index is -4.66. The monoisotopic (exact) mass is 409 g/mol. The van der Waals surface area contributed by atoms with Crippen molar-refractivity contribution < 1.29 is 17.6 Å². The Labute approximate surface area is 160 Å². The van der Waals surface area contributed by atoms with Gasteiger partial charge in [-0.05, 0) is 44.2 Å². The summed E-state index contributed by atoms with van der Waals surface area (Å²) in [4.78, 5) is 0. The lowest BCUT2D eigenvalue weighted by Gasteiger charge is -2.10. The first-order valence-electron chi connectivity index (χ1n) is 8.10. The molecule has 0 bridgehead atoms. The van der Waals surface area contributed by atoms with E-state index in [1.807, 2.05) is 6.92 Å². The van der Waals surface area contributed by atoms with Gasteiger partial charge in [0.05, 0.1) is 11.8 Å². The summed E-state index contributed by atoms with van der Waals surface area (Å²) >= 11 is 1.12. The summed E-state index contributed by atoms with van der Waals surface area (Å²) in [5.74, 6) is 0.113. The van der Waals surface area contributed by atoms with Crippen LogP contribution in [0.2, 0.25) is 0 Å². The molecule has 4 rings (SSSR count). The third-order valence-electron chi connectivity index (χ3n) is 4.43. The van der Waals surface area contributed by atoms with E-state index in [1.54, 1.807) is 37.8 Å². The van der Waals surface area contributed by atoms with Crippen molar-refractivity contribution in [1.29, 1.82) is 0 Å². The van der Waals surface area contributed by atoms with Gasteiger partial charge in [-0.1, -0.05) is 0 Å². The molecule has 0 atom stereocenters. The van der Waals surface area contributed by atoms with Gasteiger partial charge in [0.15, 0.2) is 16.6 Å². The fourth-order valence-electron chi connectivity index (χ4n) is 2.72. The average Bonchev–Trinajstić information content (AvgIpc) is 3.32. The standard InChI is InChI=1S/C16H14F3N7OS/c1-7-8(2)13(24-26-11(7)20-22-14(26)16(17,18)19)28-15-23-21-12(25(15)4)10-5-6-27-9(10)3/h5-6H,1-4H3. The van der Waals surface area contributed by atoms with Gasteiger partial charge in [-0.3, -0.25) is 0 Å². The van der Waals surface area contributed by atoms with Crippen molar-refractivity contribution in [3.8, 4) is 11.4 Å². The van der Waals surface area contributed by atoms with Gasteiger partial charge in [0.25, 0.3) is 5.82 Å². The molecule has 0 spiro atoms. The molecule has 0 N–H and O–H groups in total. The molecular formula is C16H14F3N7OS. The molecule has 0 saturated heterocycles. The minimum absolute atomic E-state index is 0.0712. The Kier molecular flexibility index (Phi) is 4.17. The number of hydrogen-bond donors (Lipinski definition) is 0. The molecule has 4 heterocycles. The van der Waals surface area contributed by atoms with Gasteiger partial charge in [-0.2, -0.15) is 22.8 Å². The van der Waals surface area contributed by atoms with Gasteiger partial charge >= 0.3 is 6.18 Å². The van der Waals surface area contributed by atoms with Crippen molar-refractivity contribution in [2.24, 2.45) is 7.05 Å². The molecule has 0 aliphatic heterocycles. The Balaban J connectivity index is 1.80. The van der Waals surface area contributed by atoms with Crippen molar-refractivity contribution in [2.75, 3.05) is 0 Å². The molecule has 0 saturated carbocycles. The molecule has 146 valence electrons. The van der Waals surface area contributed by atoms with Crippen LogP contribution in [0.4, 0.5) is 13.2 Å². The first-order valence-corrected chi connectivity index (χ1v) is 8.91. The number of fused-ring (bicyclic) bond motifs is 1. The topological polar surface area (TPSA) is 86.9 Å². The minimum Gasteiger partial charge on any atom is -0.469 e. The van der Waals surface area contributed by atoms with Crippen LogP contribution < -0.4 is 0 Å². The molecule has 0 amide bonds. The van der Waals surface area contributed by atoms with E-state index in [1.165, 1.54) is 0 Å². The van der Waals surface area contributed by atoms with E-state index in [9.17, 15) is 13.2 Å². The maximum Gasteiger partial charge on any atom is 0.453 e. The Bertz CT molecular complexity index is 1190. The van der Waals surface area contributed by atoms with E-state index in [-0.39, 0.29) is 5.65 Å². The highest BCUT2D eigenvalue weighted by Crippen LogP contribution is 2.34. The van der Waals surface area contributed by atoms with Crippen LogP contribution in [-0.4, -0.2) is 34.6 Å². The molecule has 28 heavy (non-hydrogen) atoms. The van der Waals surface area contributed by atoms with Crippen molar-refractivity contribution in [2.45, 2.75) is 37.1 Å². The molecule has 4 aromatic heterocycles. The van der Waals surface area contributed by atoms with E-state index < -0.39 is 12.0 Å². The smallest absolute Gasteiger partial charge is 0.453 e. The third-order valence-corrected chi connectivity index (χ3v) is 5.55. The summed E-state index contributed by atoms with van der Waals surface area (Å²) in [7, 11) is 1.77. The van der Waals surface area contributed by atoms with Crippen LogP contribution in [0.25, 0.3) is 17.0 Å². The van der Waals surface area contributed by atoms with E-state index in [0.29, 0.717) is 32.9 Å². The van der Waals surface area contributed by atoms with E-state index in [0.717, 1.165) is 21.8 Å². The average molecular weight is 409 g/mol. The summed E-state index contributed by atoms with van der Waals surface area (Å²) in [5, 5.41) is 20.2. The normalized spacial score (nSPS) is 12.2. The van der Waals surface area contributed by atoms with Crippen LogP contribution in [0.5, 0.6) is 0 Å². The predicted molar refractivity (Wildman–Crippen MR) is 92.8 cm³/mol. The second-order valence-corrected chi connectivity index (χ2v) is 7.13. The largest absolute Gasteiger partial charge is 0.469 e. The highest BCUT2D eigenvalue weighted by molar-refractivity contribution is 7.99. The number of halogens is 3. The lowest BCUT2D eigenvalue weighted by molar-refractivity contribution is -0.146. The van der Waals surface area contributed by atoms with Gasteiger partial charge in [0, 0.05) is 12.6 Å². The quantitative estimate of drug-likeness (QED) is 0.511. The molecule has 0 radical (unpaired) electrons. The highest BCUT2D eigenvalue weighted by atomic mass is 32.2. The lowest BCUT2D eigenvalue weighted by Crippen LogP contribution is -2.13. The van der Waals surface area contributed by atoms with E-state index >= 15 is 0 Å². The van der Waals surface area contributed by atoms with E-state index in [2.05, 4.69) is 25.5 Å². The van der Waals surface area contributed by atoms with Gasteiger partial charge in [-0.25, -0.2) is 0 Å². The lowest BCUT2D eigenvalue weighted by atomic mass is 10.2. The van der Waals surface area contributed by atoms with Crippen LogP contribution in [0, 0.1) is 20.8 Å². The zero-order chi connectivity index (χ0) is 20.2. The van der Waals surface area contributed by atoms with Crippen LogP contribution in [0.1, 0.15) is 22.7 Å². The van der Waals surface area contributed by atoms with Crippen LogP contribution in [0.3, 0.4) is 0 Å². The van der Waals surface area contributed by atoms with Crippen molar-refractivity contribution >= 4 is 17.4 Å². The number of aryl methyl sites for hydroxylation is 2. The molecule has 0 aromatic carbocycles. The first kappa shape index (κ1) is 18.5. The fourth-order valence-corrected chi connectivity index (χ4v) is 3.62. The predicted octanol–water partition coefficient (Wildman–Crippen LogP) is 3.61. The summed E-state index contributed by atoms with van der Waals surface area (Å²) in [6.45, 7) is 5.26. The first-order chi connectivity index (χ1) is 13.2. The van der Waals surface area contributed by atoms with Crippen molar-refractivity contribution in [3.05, 3.63) is 35.0 Å². The molecule has 0 fully saturated rings. The number of alkyl halides is 3. The maximum atomic E-state index is 13.2.